The van der Waals surface area contributed by atoms with Gasteiger partial charge in [0.1, 0.15) is 11.6 Å². The Labute approximate surface area is 122 Å². The van der Waals surface area contributed by atoms with Crippen molar-refractivity contribution in [2.45, 2.75) is 6.92 Å². The van der Waals surface area contributed by atoms with Crippen LogP contribution in [0.4, 0.5) is 11.5 Å². The molecule has 3 rings (SSSR count). The van der Waals surface area contributed by atoms with E-state index in [2.05, 4.69) is 30.6 Å². The molecule has 0 atom stereocenters. The number of hydrogen-bond acceptors (Lipinski definition) is 6. The maximum Gasteiger partial charge on any atom is 0.164 e. The fourth-order valence-corrected chi connectivity index (χ4v) is 2.06. The van der Waals surface area contributed by atoms with Crippen LogP contribution in [0.3, 0.4) is 0 Å². The van der Waals surface area contributed by atoms with Crippen molar-refractivity contribution in [1.29, 1.82) is 0 Å². The lowest BCUT2D eigenvalue weighted by Gasteiger charge is -2.10. The summed E-state index contributed by atoms with van der Waals surface area (Å²) in [6, 6.07) is 7.75. The molecule has 0 aliphatic carbocycles. The van der Waals surface area contributed by atoms with Gasteiger partial charge in [-0.1, -0.05) is 0 Å². The molecule has 0 fully saturated rings. The van der Waals surface area contributed by atoms with Crippen molar-refractivity contribution in [3.05, 3.63) is 48.7 Å². The highest BCUT2D eigenvalue weighted by Crippen LogP contribution is 2.17. The molecule has 6 heteroatoms. The molecule has 0 unspecified atom stereocenters. The normalized spacial score (nSPS) is 10.5. The Bertz CT molecular complexity index is 729. The fourth-order valence-electron chi connectivity index (χ4n) is 2.06. The fraction of sp³-hybridized carbons (Fsp3) is 0.200. The molecule has 21 heavy (non-hydrogen) atoms. The van der Waals surface area contributed by atoms with Crippen LogP contribution in [0.15, 0.2) is 42.9 Å². The second-order valence-corrected chi connectivity index (χ2v) is 4.59. The molecule has 3 aromatic rings. The monoisotopic (exact) mass is 280 g/mol. The lowest BCUT2D eigenvalue weighted by molar-refractivity contribution is 1.02. The van der Waals surface area contributed by atoms with E-state index >= 15 is 0 Å². The molecule has 0 amide bonds. The molecule has 0 radical (unpaired) electrons. The van der Waals surface area contributed by atoms with E-state index in [0.29, 0.717) is 11.5 Å². The minimum atomic E-state index is 0.712. The maximum atomic E-state index is 4.44. The number of nitrogens with one attached hydrogen (secondary N) is 2. The topological polar surface area (TPSA) is 75.6 Å². The average molecular weight is 280 g/mol. The van der Waals surface area contributed by atoms with Gasteiger partial charge in [0.25, 0.3) is 0 Å². The molecule has 0 bridgehead atoms. The second-order valence-electron chi connectivity index (χ2n) is 4.59. The first-order valence-electron chi connectivity index (χ1n) is 6.80. The van der Waals surface area contributed by atoms with E-state index in [1.165, 1.54) is 0 Å². The maximum absolute atomic E-state index is 4.44. The Balaban J connectivity index is 1.65. The van der Waals surface area contributed by atoms with Crippen molar-refractivity contribution >= 4 is 22.5 Å². The second kappa shape index (κ2) is 6.13. The largest absolute Gasteiger partial charge is 0.382 e. The molecule has 106 valence electrons. The van der Waals surface area contributed by atoms with Gasteiger partial charge >= 0.3 is 0 Å². The number of pyridine rings is 2. The molecular weight excluding hydrogens is 264 g/mol. The summed E-state index contributed by atoms with van der Waals surface area (Å²) in [6.45, 7) is 3.39. The van der Waals surface area contributed by atoms with E-state index < -0.39 is 0 Å². The summed E-state index contributed by atoms with van der Waals surface area (Å²) in [6.07, 6.45) is 5.29. The van der Waals surface area contributed by atoms with E-state index in [9.17, 15) is 0 Å². The zero-order valence-corrected chi connectivity index (χ0v) is 11.7. The van der Waals surface area contributed by atoms with Crippen LogP contribution in [0.1, 0.15) is 5.82 Å². The highest BCUT2D eigenvalue weighted by atomic mass is 15.1. The summed E-state index contributed by atoms with van der Waals surface area (Å²) in [5, 5.41) is 7.55. The predicted octanol–water partition coefficient (Wildman–Crippen LogP) is 2.25. The molecule has 0 spiro atoms. The summed E-state index contributed by atoms with van der Waals surface area (Å²) in [4.78, 5) is 17.1. The minimum absolute atomic E-state index is 0.712. The lowest BCUT2D eigenvalue weighted by atomic mass is 10.3. The van der Waals surface area contributed by atoms with E-state index in [1.807, 2.05) is 31.2 Å². The standard InChI is InChI=1S/C15H16N6/c1-11-20-14-13(5-3-7-18-14)15(21-11)19-9-8-17-12-4-2-6-16-10-12/h2-7,10,17H,8-9H2,1H3,(H,18,19,20,21). The van der Waals surface area contributed by atoms with Crippen LogP contribution < -0.4 is 10.6 Å². The Morgan fingerprint density at radius 1 is 1.00 bits per heavy atom. The molecule has 0 saturated heterocycles. The number of aromatic nitrogens is 4. The Hall–Kier alpha value is -2.76. The summed E-state index contributed by atoms with van der Waals surface area (Å²) in [5.41, 5.74) is 1.72. The predicted molar refractivity (Wildman–Crippen MR) is 83.3 cm³/mol. The lowest BCUT2D eigenvalue weighted by Crippen LogP contribution is -2.15. The molecule has 6 nitrogen and oxygen atoms in total. The Kier molecular flexibility index (Phi) is 3.86. The molecular formula is C15H16N6. The van der Waals surface area contributed by atoms with Crippen molar-refractivity contribution in [2.24, 2.45) is 0 Å². The van der Waals surface area contributed by atoms with E-state index in [1.54, 1.807) is 18.6 Å². The third kappa shape index (κ3) is 3.22. The highest BCUT2D eigenvalue weighted by molar-refractivity contribution is 5.86. The minimum Gasteiger partial charge on any atom is -0.382 e. The van der Waals surface area contributed by atoms with Gasteiger partial charge in [-0.25, -0.2) is 15.0 Å². The zero-order valence-electron chi connectivity index (χ0n) is 11.7. The Morgan fingerprint density at radius 2 is 1.86 bits per heavy atom. The number of anilines is 2. The van der Waals surface area contributed by atoms with Crippen LogP contribution in [-0.4, -0.2) is 33.0 Å². The first-order valence-corrected chi connectivity index (χ1v) is 6.80. The molecule has 0 aliphatic rings. The molecule has 3 heterocycles. The van der Waals surface area contributed by atoms with E-state index in [0.717, 1.165) is 30.0 Å². The van der Waals surface area contributed by atoms with Crippen LogP contribution in [0, 0.1) is 6.92 Å². The number of aryl methyl sites for hydroxylation is 1. The van der Waals surface area contributed by atoms with Gasteiger partial charge in [0.15, 0.2) is 5.65 Å². The summed E-state index contributed by atoms with van der Waals surface area (Å²) < 4.78 is 0. The van der Waals surface area contributed by atoms with Gasteiger partial charge in [-0.15, -0.1) is 0 Å². The van der Waals surface area contributed by atoms with Gasteiger partial charge in [0.05, 0.1) is 11.1 Å². The molecule has 3 aromatic heterocycles. The van der Waals surface area contributed by atoms with Gasteiger partial charge < -0.3 is 10.6 Å². The molecule has 2 N–H and O–H groups in total. The van der Waals surface area contributed by atoms with Crippen LogP contribution in [0.25, 0.3) is 11.0 Å². The summed E-state index contributed by atoms with van der Waals surface area (Å²) in [5.74, 6) is 1.53. The van der Waals surface area contributed by atoms with Crippen LogP contribution in [0.5, 0.6) is 0 Å². The van der Waals surface area contributed by atoms with Crippen molar-refractivity contribution in [3.8, 4) is 0 Å². The van der Waals surface area contributed by atoms with Gasteiger partial charge in [-0.05, 0) is 31.2 Å². The first-order chi connectivity index (χ1) is 10.3. The number of rotatable bonds is 5. The van der Waals surface area contributed by atoms with E-state index in [-0.39, 0.29) is 0 Å². The number of fused-ring (bicyclic) bond motifs is 1. The van der Waals surface area contributed by atoms with Crippen molar-refractivity contribution in [3.63, 3.8) is 0 Å². The number of hydrogen-bond donors (Lipinski definition) is 2. The summed E-state index contributed by atoms with van der Waals surface area (Å²) in [7, 11) is 0. The van der Waals surface area contributed by atoms with E-state index in [4.69, 9.17) is 0 Å². The zero-order chi connectivity index (χ0) is 14.5. The van der Waals surface area contributed by atoms with Gasteiger partial charge in [-0.2, -0.15) is 0 Å². The van der Waals surface area contributed by atoms with Gasteiger partial charge in [0.2, 0.25) is 0 Å². The Morgan fingerprint density at radius 3 is 2.71 bits per heavy atom. The highest BCUT2D eigenvalue weighted by Gasteiger charge is 2.05. The van der Waals surface area contributed by atoms with Crippen LogP contribution in [0.2, 0.25) is 0 Å². The molecule has 0 saturated carbocycles. The van der Waals surface area contributed by atoms with Crippen molar-refractivity contribution < 1.29 is 0 Å². The third-order valence-corrected chi connectivity index (χ3v) is 2.99. The van der Waals surface area contributed by atoms with Crippen molar-refractivity contribution in [2.75, 3.05) is 23.7 Å². The third-order valence-electron chi connectivity index (χ3n) is 2.99. The number of nitrogens with zero attached hydrogens (tertiary/aromatic N) is 4. The first kappa shape index (κ1) is 13.2. The molecule has 0 aromatic carbocycles. The van der Waals surface area contributed by atoms with Crippen molar-refractivity contribution in [1.82, 2.24) is 19.9 Å². The smallest absolute Gasteiger partial charge is 0.164 e. The quantitative estimate of drug-likeness (QED) is 0.698. The van der Waals surface area contributed by atoms with Gasteiger partial charge in [-0.3, -0.25) is 4.98 Å². The van der Waals surface area contributed by atoms with Gasteiger partial charge in [0, 0.05) is 31.7 Å². The van der Waals surface area contributed by atoms with Crippen LogP contribution >= 0.6 is 0 Å². The average Bonchev–Trinajstić information content (AvgIpc) is 2.52. The van der Waals surface area contributed by atoms with Crippen LogP contribution in [-0.2, 0) is 0 Å². The summed E-state index contributed by atoms with van der Waals surface area (Å²) >= 11 is 0. The SMILES string of the molecule is Cc1nc(NCCNc2cccnc2)c2cccnc2n1. The molecule has 0 aliphatic heterocycles.